The van der Waals surface area contributed by atoms with E-state index < -0.39 is 17.8 Å². The van der Waals surface area contributed by atoms with E-state index in [1.54, 1.807) is 0 Å². The molecule has 1 aromatic carbocycles. The van der Waals surface area contributed by atoms with Crippen molar-refractivity contribution in [3.05, 3.63) is 28.5 Å². The van der Waals surface area contributed by atoms with Gasteiger partial charge < -0.3 is 15.6 Å². The van der Waals surface area contributed by atoms with Gasteiger partial charge in [-0.1, -0.05) is 11.6 Å². The van der Waals surface area contributed by atoms with Crippen LogP contribution in [0.5, 0.6) is 5.75 Å². The number of methoxy groups -OCH3 is 1. The van der Waals surface area contributed by atoms with Crippen LogP contribution in [0, 0.1) is 5.82 Å². The number of carboxylic acid groups (broad SMARTS) is 1. The van der Waals surface area contributed by atoms with Crippen LogP contribution in [0.15, 0.2) is 12.1 Å². The Balaban J connectivity index is 3.01. The molecular weight excluding hydrogens is 249 g/mol. The van der Waals surface area contributed by atoms with Crippen molar-refractivity contribution in [3.63, 3.8) is 0 Å². The van der Waals surface area contributed by atoms with E-state index in [1.165, 1.54) is 19.2 Å². The van der Waals surface area contributed by atoms with Crippen LogP contribution in [0.4, 0.5) is 4.39 Å². The third-order valence-corrected chi connectivity index (χ3v) is 2.64. The fraction of sp³-hybridized carbons (Fsp3) is 0.364. The minimum Gasteiger partial charge on any atom is -0.496 e. The first-order valence-electron chi connectivity index (χ1n) is 4.96. The van der Waals surface area contributed by atoms with Crippen LogP contribution in [0.25, 0.3) is 0 Å². The molecule has 0 radical (unpaired) electrons. The highest BCUT2D eigenvalue weighted by atomic mass is 35.5. The first kappa shape index (κ1) is 13.7. The summed E-state index contributed by atoms with van der Waals surface area (Å²) in [6.07, 6.45) is -0.0285. The van der Waals surface area contributed by atoms with E-state index in [2.05, 4.69) is 0 Å². The first-order chi connectivity index (χ1) is 7.97. The molecule has 0 spiro atoms. The molecule has 0 fully saturated rings. The van der Waals surface area contributed by atoms with E-state index in [-0.39, 0.29) is 29.2 Å². The zero-order valence-corrected chi connectivity index (χ0v) is 10.00. The van der Waals surface area contributed by atoms with Gasteiger partial charge in [-0.15, -0.1) is 0 Å². The highest BCUT2D eigenvalue weighted by Crippen LogP contribution is 2.32. The van der Waals surface area contributed by atoms with Gasteiger partial charge in [0, 0.05) is 18.0 Å². The quantitative estimate of drug-likeness (QED) is 0.853. The van der Waals surface area contributed by atoms with Gasteiger partial charge in [-0.25, -0.2) is 4.39 Å². The van der Waals surface area contributed by atoms with Gasteiger partial charge in [-0.05, 0) is 18.6 Å². The number of nitrogens with two attached hydrogens (primary N) is 1. The summed E-state index contributed by atoms with van der Waals surface area (Å²) in [5, 5.41) is 8.49. The second-order valence-corrected chi connectivity index (χ2v) is 3.92. The van der Waals surface area contributed by atoms with E-state index in [9.17, 15) is 9.18 Å². The summed E-state index contributed by atoms with van der Waals surface area (Å²) in [5.41, 5.74) is 5.86. The third-order valence-electron chi connectivity index (χ3n) is 2.35. The first-order valence-corrected chi connectivity index (χ1v) is 5.34. The van der Waals surface area contributed by atoms with Crippen LogP contribution in [-0.2, 0) is 4.79 Å². The van der Waals surface area contributed by atoms with E-state index in [1.807, 2.05) is 0 Å². The molecule has 0 aromatic heterocycles. The molecule has 17 heavy (non-hydrogen) atoms. The number of aliphatic carboxylic acids is 1. The van der Waals surface area contributed by atoms with E-state index >= 15 is 0 Å². The van der Waals surface area contributed by atoms with Crippen LogP contribution in [0.2, 0.25) is 5.02 Å². The summed E-state index contributed by atoms with van der Waals surface area (Å²) in [4.78, 5) is 10.4. The fourth-order valence-electron chi connectivity index (χ4n) is 1.50. The zero-order chi connectivity index (χ0) is 13.0. The second kappa shape index (κ2) is 5.84. The Morgan fingerprint density at radius 3 is 2.82 bits per heavy atom. The second-order valence-electron chi connectivity index (χ2n) is 3.52. The number of carbonyl (C=O) groups is 1. The molecule has 1 aromatic rings. The molecule has 6 heteroatoms. The Morgan fingerprint density at radius 2 is 2.29 bits per heavy atom. The molecule has 0 aliphatic heterocycles. The van der Waals surface area contributed by atoms with Crippen molar-refractivity contribution in [1.29, 1.82) is 0 Å². The van der Waals surface area contributed by atoms with Crippen LogP contribution in [0.3, 0.4) is 0 Å². The summed E-state index contributed by atoms with van der Waals surface area (Å²) in [6.45, 7) is 0. The van der Waals surface area contributed by atoms with Crippen LogP contribution >= 0.6 is 11.6 Å². The molecule has 94 valence electrons. The van der Waals surface area contributed by atoms with Crippen molar-refractivity contribution in [3.8, 4) is 5.75 Å². The molecule has 0 aliphatic rings. The largest absolute Gasteiger partial charge is 0.496 e. The lowest BCUT2D eigenvalue weighted by Gasteiger charge is -2.16. The van der Waals surface area contributed by atoms with Gasteiger partial charge in [0.25, 0.3) is 0 Å². The minimum absolute atomic E-state index is 0.0634. The van der Waals surface area contributed by atoms with E-state index in [4.69, 9.17) is 27.2 Å². The molecule has 1 unspecified atom stereocenters. The molecule has 0 heterocycles. The van der Waals surface area contributed by atoms with Crippen molar-refractivity contribution < 1.29 is 19.0 Å². The predicted octanol–water partition coefficient (Wildman–Crippen LogP) is 2.35. The van der Waals surface area contributed by atoms with Crippen LogP contribution in [-0.4, -0.2) is 18.2 Å². The van der Waals surface area contributed by atoms with Gasteiger partial charge >= 0.3 is 5.97 Å². The summed E-state index contributed by atoms with van der Waals surface area (Å²) < 4.78 is 18.8. The van der Waals surface area contributed by atoms with Gasteiger partial charge in [0.1, 0.15) is 11.6 Å². The smallest absolute Gasteiger partial charge is 0.303 e. The maximum absolute atomic E-state index is 13.8. The Morgan fingerprint density at radius 1 is 1.65 bits per heavy atom. The lowest BCUT2D eigenvalue weighted by Crippen LogP contribution is -2.15. The Hall–Kier alpha value is -1.33. The molecule has 0 saturated heterocycles. The molecular formula is C11H13ClFNO3. The lowest BCUT2D eigenvalue weighted by molar-refractivity contribution is -0.137. The molecule has 0 saturated carbocycles. The Labute approximate surface area is 103 Å². The molecule has 3 N–H and O–H groups in total. The normalized spacial score (nSPS) is 12.2. The predicted molar refractivity (Wildman–Crippen MR) is 61.8 cm³/mol. The SMILES string of the molecule is COc1ccc(Cl)c(F)c1C(N)CCC(=O)O. The van der Waals surface area contributed by atoms with Gasteiger partial charge in [0.05, 0.1) is 12.1 Å². The number of hydrogen-bond acceptors (Lipinski definition) is 3. The van der Waals surface area contributed by atoms with E-state index in [0.717, 1.165) is 0 Å². The molecule has 1 atom stereocenters. The van der Waals surface area contributed by atoms with Crippen molar-refractivity contribution >= 4 is 17.6 Å². The lowest BCUT2D eigenvalue weighted by atomic mass is 10.0. The van der Waals surface area contributed by atoms with Crippen LogP contribution < -0.4 is 10.5 Å². The number of ether oxygens (including phenoxy) is 1. The minimum atomic E-state index is -0.984. The highest BCUT2D eigenvalue weighted by molar-refractivity contribution is 6.30. The summed E-state index contributed by atoms with van der Waals surface area (Å²) in [6, 6.07) is 2.10. The number of carboxylic acids is 1. The molecule has 0 amide bonds. The summed E-state index contributed by atoms with van der Waals surface area (Å²) in [5.74, 6) is -1.38. The fourth-order valence-corrected chi connectivity index (χ4v) is 1.66. The number of halogens is 2. The zero-order valence-electron chi connectivity index (χ0n) is 9.24. The highest BCUT2D eigenvalue weighted by Gasteiger charge is 2.20. The molecule has 0 aliphatic carbocycles. The Bertz CT molecular complexity index is 425. The summed E-state index contributed by atoms with van der Waals surface area (Å²) >= 11 is 5.65. The number of benzene rings is 1. The molecule has 0 bridgehead atoms. The van der Waals surface area contributed by atoms with Gasteiger partial charge in [0.15, 0.2) is 0 Å². The average molecular weight is 262 g/mol. The van der Waals surface area contributed by atoms with Crippen molar-refractivity contribution in [2.45, 2.75) is 18.9 Å². The maximum Gasteiger partial charge on any atom is 0.303 e. The van der Waals surface area contributed by atoms with Gasteiger partial charge in [-0.3, -0.25) is 4.79 Å². The van der Waals surface area contributed by atoms with Crippen molar-refractivity contribution in [1.82, 2.24) is 0 Å². The van der Waals surface area contributed by atoms with E-state index in [0.29, 0.717) is 0 Å². The average Bonchev–Trinajstić information content (AvgIpc) is 2.29. The molecule has 1 rings (SSSR count). The standard InChI is InChI=1S/C11H13ClFNO3/c1-17-8-4-2-6(12)11(13)10(8)7(14)3-5-9(15)16/h2,4,7H,3,5,14H2,1H3,(H,15,16). The van der Waals surface area contributed by atoms with Gasteiger partial charge in [0.2, 0.25) is 0 Å². The topological polar surface area (TPSA) is 72.5 Å². The Kier molecular flexibility index (Phi) is 4.72. The van der Waals surface area contributed by atoms with Crippen molar-refractivity contribution in [2.24, 2.45) is 5.73 Å². The third kappa shape index (κ3) is 3.31. The van der Waals surface area contributed by atoms with Gasteiger partial charge in [-0.2, -0.15) is 0 Å². The summed E-state index contributed by atoms with van der Waals surface area (Å²) in [7, 11) is 1.39. The van der Waals surface area contributed by atoms with Crippen LogP contribution in [0.1, 0.15) is 24.4 Å². The monoisotopic (exact) mass is 261 g/mol. The molecule has 4 nitrogen and oxygen atoms in total. The number of hydrogen-bond donors (Lipinski definition) is 2. The van der Waals surface area contributed by atoms with Crippen molar-refractivity contribution in [2.75, 3.05) is 7.11 Å². The number of rotatable bonds is 5. The maximum atomic E-state index is 13.8.